The first-order valence-electron chi connectivity index (χ1n) is 8.95. The molecule has 0 bridgehead atoms. The predicted octanol–water partition coefficient (Wildman–Crippen LogP) is 3.81. The highest BCUT2D eigenvalue weighted by Crippen LogP contribution is 2.26. The maximum atomic E-state index is 12.4. The molecule has 0 aliphatic rings. The van der Waals surface area contributed by atoms with Crippen molar-refractivity contribution in [2.45, 2.75) is 36.8 Å². The van der Waals surface area contributed by atoms with Crippen molar-refractivity contribution in [2.24, 2.45) is 0 Å². The second-order valence-corrected chi connectivity index (χ2v) is 7.76. The van der Waals surface area contributed by atoms with Gasteiger partial charge in [-0.2, -0.15) is 0 Å². The summed E-state index contributed by atoms with van der Waals surface area (Å²) < 4.78 is 0. The molecule has 7 nitrogen and oxygen atoms in total. The lowest BCUT2D eigenvalue weighted by Crippen LogP contribution is -2.22. The maximum absolute atomic E-state index is 12.4. The number of aliphatic carboxylic acids is 1. The minimum absolute atomic E-state index is 0.0340. The molecule has 0 aliphatic heterocycles. The molecule has 2 aromatic rings. The number of ketones is 1. The Morgan fingerprint density at radius 1 is 0.897 bits per heavy atom. The Kier molecular flexibility index (Phi) is 7.97. The monoisotopic (exact) mass is 414 g/mol. The Morgan fingerprint density at radius 2 is 1.45 bits per heavy atom. The number of thioether (sulfide) groups is 1. The number of rotatable bonds is 9. The van der Waals surface area contributed by atoms with Crippen LogP contribution in [0.4, 0.5) is 11.4 Å². The average molecular weight is 414 g/mol. The van der Waals surface area contributed by atoms with Crippen molar-refractivity contribution >= 4 is 46.7 Å². The number of carboxylic acids is 1. The number of carbonyl (C=O) groups excluding carboxylic acids is 3. The quantitative estimate of drug-likeness (QED) is 0.425. The lowest BCUT2D eigenvalue weighted by atomic mass is 10.1. The molecule has 0 radical (unpaired) electrons. The van der Waals surface area contributed by atoms with Crippen molar-refractivity contribution in [3.8, 4) is 0 Å². The largest absolute Gasteiger partial charge is 0.481 e. The summed E-state index contributed by atoms with van der Waals surface area (Å²) in [6.45, 7) is 3.27. The Balaban J connectivity index is 1.86. The number of hydrogen-bond donors (Lipinski definition) is 3. The van der Waals surface area contributed by atoms with Crippen LogP contribution in [0.1, 0.15) is 37.0 Å². The Bertz CT molecular complexity index is 894. The topological polar surface area (TPSA) is 113 Å². The van der Waals surface area contributed by atoms with Crippen LogP contribution in [0.15, 0.2) is 53.4 Å². The fourth-order valence-electron chi connectivity index (χ4n) is 2.35. The standard InChI is InChI=1S/C21H22N2O5S/c1-13(24)15-3-5-17(6-4-15)23-21(28)14(2)29-18-9-7-16(8-10-18)22-19(25)11-12-20(26)27/h3-10,14H,11-12H2,1-2H3,(H,22,25)(H,23,28)(H,26,27). The van der Waals surface area contributed by atoms with Gasteiger partial charge >= 0.3 is 5.97 Å². The number of nitrogens with one attached hydrogen (secondary N) is 2. The van der Waals surface area contributed by atoms with Gasteiger partial charge in [0.15, 0.2) is 5.78 Å². The summed E-state index contributed by atoms with van der Waals surface area (Å²) in [7, 11) is 0. The Morgan fingerprint density at radius 3 is 2.00 bits per heavy atom. The first-order valence-corrected chi connectivity index (χ1v) is 9.83. The summed E-state index contributed by atoms with van der Waals surface area (Å²) in [5.41, 5.74) is 1.76. The third-order valence-corrected chi connectivity index (χ3v) is 5.06. The molecular formula is C21H22N2O5S. The number of amides is 2. The van der Waals surface area contributed by atoms with Crippen LogP contribution in [0.5, 0.6) is 0 Å². The van der Waals surface area contributed by atoms with Crippen molar-refractivity contribution in [1.82, 2.24) is 0 Å². The van der Waals surface area contributed by atoms with Gasteiger partial charge in [0, 0.05) is 28.3 Å². The molecule has 0 saturated carbocycles. The van der Waals surface area contributed by atoms with Crippen LogP contribution < -0.4 is 10.6 Å². The number of hydrogen-bond acceptors (Lipinski definition) is 5. The van der Waals surface area contributed by atoms with Gasteiger partial charge in [-0.05, 0) is 62.4 Å². The maximum Gasteiger partial charge on any atom is 0.303 e. The Hall–Kier alpha value is -3.13. The molecule has 2 aromatic carbocycles. The van der Waals surface area contributed by atoms with Gasteiger partial charge in [-0.3, -0.25) is 19.2 Å². The molecule has 1 atom stereocenters. The number of Topliss-reactive ketones (excluding diaryl/α,β-unsaturated/α-hetero) is 1. The molecule has 1 unspecified atom stereocenters. The van der Waals surface area contributed by atoms with Crippen LogP contribution in [0, 0.1) is 0 Å². The number of carboxylic acid groups (broad SMARTS) is 1. The summed E-state index contributed by atoms with van der Waals surface area (Å²) in [5.74, 6) is -1.59. The molecule has 2 amide bonds. The van der Waals surface area contributed by atoms with E-state index in [2.05, 4.69) is 10.6 Å². The van der Waals surface area contributed by atoms with E-state index in [0.29, 0.717) is 16.9 Å². The van der Waals surface area contributed by atoms with Crippen LogP contribution in [0.2, 0.25) is 0 Å². The molecule has 0 aliphatic carbocycles. The van der Waals surface area contributed by atoms with E-state index in [1.165, 1.54) is 18.7 Å². The van der Waals surface area contributed by atoms with Crippen molar-refractivity contribution in [3.63, 3.8) is 0 Å². The van der Waals surface area contributed by atoms with Gasteiger partial charge < -0.3 is 15.7 Å². The van der Waals surface area contributed by atoms with E-state index in [9.17, 15) is 19.2 Å². The fraction of sp³-hybridized carbons (Fsp3) is 0.238. The smallest absolute Gasteiger partial charge is 0.303 e. The van der Waals surface area contributed by atoms with E-state index in [1.807, 2.05) is 0 Å². The Labute approximate surface area is 172 Å². The lowest BCUT2D eigenvalue weighted by molar-refractivity contribution is -0.138. The van der Waals surface area contributed by atoms with Gasteiger partial charge in [0.05, 0.1) is 11.7 Å². The van der Waals surface area contributed by atoms with Gasteiger partial charge in [0.1, 0.15) is 0 Å². The molecular weight excluding hydrogens is 392 g/mol. The van der Waals surface area contributed by atoms with E-state index in [-0.39, 0.29) is 35.7 Å². The molecule has 3 N–H and O–H groups in total. The van der Waals surface area contributed by atoms with Crippen LogP contribution in [0.3, 0.4) is 0 Å². The molecule has 29 heavy (non-hydrogen) atoms. The van der Waals surface area contributed by atoms with Gasteiger partial charge in [0.25, 0.3) is 0 Å². The average Bonchev–Trinajstić information content (AvgIpc) is 2.68. The van der Waals surface area contributed by atoms with Gasteiger partial charge in [-0.1, -0.05) is 0 Å². The minimum Gasteiger partial charge on any atom is -0.481 e. The molecule has 152 valence electrons. The summed E-state index contributed by atoms with van der Waals surface area (Å²) >= 11 is 1.36. The third kappa shape index (κ3) is 7.42. The molecule has 0 heterocycles. The molecule has 2 rings (SSSR count). The van der Waals surface area contributed by atoms with E-state index in [4.69, 9.17) is 5.11 Å². The number of benzene rings is 2. The van der Waals surface area contributed by atoms with Crippen LogP contribution in [0.25, 0.3) is 0 Å². The van der Waals surface area contributed by atoms with Crippen molar-refractivity contribution in [3.05, 3.63) is 54.1 Å². The van der Waals surface area contributed by atoms with Crippen LogP contribution in [-0.2, 0) is 14.4 Å². The number of anilines is 2. The highest BCUT2D eigenvalue weighted by Gasteiger charge is 2.15. The summed E-state index contributed by atoms with van der Waals surface area (Å²) in [4.78, 5) is 46.7. The molecule has 8 heteroatoms. The van der Waals surface area contributed by atoms with E-state index >= 15 is 0 Å². The predicted molar refractivity (Wildman–Crippen MR) is 112 cm³/mol. The van der Waals surface area contributed by atoms with Crippen LogP contribution >= 0.6 is 11.8 Å². The third-order valence-electron chi connectivity index (χ3n) is 3.95. The van der Waals surface area contributed by atoms with E-state index < -0.39 is 5.97 Å². The first kappa shape index (κ1) is 22.2. The minimum atomic E-state index is -1.02. The molecule has 0 saturated heterocycles. The lowest BCUT2D eigenvalue weighted by Gasteiger charge is -2.13. The first-order chi connectivity index (χ1) is 13.7. The summed E-state index contributed by atoms with van der Waals surface area (Å²) in [5, 5.41) is 13.7. The summed E-state index contributed by atoms with van der Waals surface area (Å²) in [6.07, 6.45) is -0.305. The molecule has 0 fully saturated rings. The van der Waals surface area contributed by atoms with Crippen molar-refractivity contribution in [2.75, 3.05) is 10.6 Å². The fourth-order valence-corrected chi connectivity index (χ4v) is 3.22. The zero-order chi connectivity index (χ0) is 21.4. The van der Waals surface area contributed by atoms with Gasteiger partial charge in [0.2, 0.25) is 11.8 Å². The zero-order valence-corrected chi connectivity index (χ0v) is 16.9. The van der Waals surface area contributed by atoms with Gasteiger partial charge in [-0.15, -0.1) is 11.8 Å². The van der Waals surface area contributed by atoms with E-state index in [0.717, 1.165) is 4.90 Å². The molecule has 0 spiro atoms. The number of carbonyl (C=O) groups is 4. The SMILES string of the molecule is CC(=O)c1ccc(NC(=O)C(C)Sc2ccc(NC(=O)CCC(=O)O)cc2)cc1. The normalized spacial score (nSPS) is 11.4. The second kappa shape index (κ2) is 10.4. The van der Waals surface area contributed by atoms with Crippen molar-refractivity contribution < 1.29 is 24.3 Å². The molecule has 0 aromatic heterocycles. The van der Waals surface area contributed by atoms with Crippen LogP contribution in [-0.4, -0.2) is 33.9 Å². The zero-order valence-electron chi connectivity index (χ0n) is 16.1. The second-order valence-electron chi connectivity index (χ2n) is 6.35. The van der Waals surface area contributed by atoms with E-state index in [1.54, 1.807) is 55.5 Å². The summed E-state index contributed by atoms with van der Waals surface area (Å²) in [6, 6.07) is 13.7. The van der Waals surface area contributed by atoms with Crippen molar-refractivity contribution in [1.29, 1.82) is 0 Å². The highest BCUT2D eigenvalue weighted by atomic mass is 32.2. The van der Waals surface area contributed by atoms with Gasteiger partial charge in [-0.25, -0.2) is 0 Å². The highest BCUT2D eigenvalue weighted by molar-refractivity contribution is 8.00.